The number of ether oxygens (including phenoxy) is 2. The van der Waals surface area contributed by atoms with E-state index >= 15 is 0 Å². The maximum atomic E-state index is 14.3. The lowest BCUT2D eigenvalue weighted by atomic mass is 10.0. The second-order valence-corrected chi connectivity index (χ2v) is 14.6. The minimum Gasteiger partial charge on any atom is -0.497 e. The standard InChI is InChI=1S/C37H33ClF2N6O7S/c1-44-34-30(14-13-28(38)33(34)36(43-44)45(54(3,50)51)20-22-9-11-27(52-2)12-10-22)46-32(47)19-31(53-21-23-7-5-4-6-8-23)42-35(46)29(41-37(48)49)17-24-15-25(39)18-26(40)16-24/h4-16,18-19,29,41H,17,20-21H2,1-3H3,(H,48,49). The van der Waals surface area contributed by atoms with Crippen LogP contribution in [0.15, 0.2) is 95.8 Å². The number of hydrogen-bond acceptors (Lipinski definition) is 8. The summed E-state index contributed by atoms with van der Waals surface area (Å²) in [6.07, 6.45) is -0.834. The van der Waals surface area contributed by atoms with Gasteiger partial charge in [-0.05, 0) is 53.1 Å². The van der Waals surface area contributed by atoms with Crippen LogP contribution in [0.2, 0.25) is 5.02 Å². The number of aryl methyl sites for hydroxylation is 1. The van der Waals surface area contributed by atoms with Crippen LogP contribution in [0.3, 0.4) is 0 Å². The summed E-state index contributed by atoms with van der Waals surface area (Å²) in [6, 6.07) is 21.2. The van der Waals surface area contributed by atoms with Gasteiger partial charge in [0.1, 0.15) is 29.8 Å². The fraction of sp³-hybridized carbons (Fsp3) is 0.189. The third-order valence-corrected chi connectivity index (χ3v) is 9.80. The number of carbonyl (C=O) groups is 1. The van der Waals surface area contributed by atoms with E-state index in [1.54, 1.807) is 48.5 Å². The van der Waals surface area contributed by atoms with Gasteiger partial charge in [0.05, 0.1) is 53.6 Å². The van der Waals surface area contributed by atoms with E-state index < -0.39 is 39.4 Å². The number of sulfonamides is 1. The Balaban J connectivity index is 1.55. The molecular weight excluding hydrogens is 746 g/mol. The Morgan fingerprint density at radius 1 is 0.981 bits per heavy atom. The molecule has 1 unspecified atom stereocenters. The number of hydrogen-bond donors (Lipinski definition) is 2. The number of aromatic nitrogens is 4. The van der Waals surface area contributed by atoms with Crippen molar-refractivity contribution in [2.75, 3.05) is 17.7 Å². The SMILES string of the molecule is COc1ccc(CN(c2nn(C)c3c(-n4c(C(Cc5cc(F)cc(F)c5)NC(=O)O)nc(OCc5ccccc5)cc4=O)ccc(Cl)c23)S(C)(=O)=O)cc1. The Kier molecular flexibility index (Phi) is 10.9. The van der Waals surface area contributed by atoms with Gasteiger partial charge in [-0.15, -0.1) is 0 Å². The van der Waals surface area contributed by atoms with Crippen LogP contribution in [0.4, 0.5) is 19.4 Å². The largest absolute Gasteiger partial charge is 0.497 e. The zero-order valence-corrected chi connectivity index (χ0v) is 30.6. The summed E-state index contributed by atoms with van der Waals surface area (Å²) < 4.78 is 69.9. The molecule has 13 nitrogen and oxygen atoms in total. The van der Waals surface area contributed by atoms with Crippen LogP contribution in [0.25, 0.3) is 16.6 Å². The summed E-state index contributed by atoms with van der Waals surface area (Å²) in [4.78, 5) is 31.0. The molecule has 1 amide bonds. The van der Waals surface area contributed by atoms with Gasteiger partial charge in [-0.3, -0.25) is 14.0 Å². The molecule has 0 spiro atoms. The molecule has 4 aromatic carbocycles. The van der Waals surface area contributed by atoms with E-state index in [1.165, 1.54) is 31.0 Å². The van der Waals surface area contributed by atoms with E-state index in [0.717, 1.165) is 38.9 Å². The normalized spacial score (nSPS) is 12.0. The Labute approximate surface area is 313 Å². The highest BCUT2D eigenvalue weighted by Gasteiger charge is 2.30. The van der Waals surface area contributed by atoms with E-state index in [-0.39, 0.29) is 64.3 Å². The minimum atomic E-state index is -3.99. The van der Waals surface area contributed by atoms with Gasteiger partial charge in [0.15, 0.2) is 5.82 Å². The molecule has 2 aromatic heterocycles. The first-order valence-electron chi connectivity index (χ1n) is 16.2. The van der Waals surface area contributed by atoms with Crippen molar-refractivity contribution in [2.45, 2.75) is 25.6 Å². The van der Waals surface area contributed by atoms with E-state index in [0.29, 0.717) is 17.4 Å². The van der Waals surface area contributed by atoms with Gasteiger partial charge in [0, 0.05) is 19.5 Å². The lowest BCUT2D eigenvalue weighted by Crippen LogP contribution is -2.35. The van der Waals surface area contributed by atoms with E-state index in [2.05, 4.69) is 15.4 Å². The van der Waals surface area contributed by atoms with Crippen molar-refractivity contribution in [1.29, 1.82) is 0 Å². The molecule has 0 fully saturated rings. The van der Waals surface area contributed by atoms with Crippen molar-refractivity contribution >= 4 is 44.4 Å². The summed E-state index contributed by atoms with van der Waals surface area (Å²) in [7, 11) is -0.955. The number of halogens is 3. The lowest BCUT2D eigenvalue weighted by molar-refractivity contribution is 0.188. The third kappa shape index (κ3) is 8.29. The van der Waals surface area contributed by atoms with Gasteiger partial charge in [-0.1, -0.05) is 54.1 Å². The van der Waals surface area contributed by atoms with Crippen LogP contribution in [0.1, 0.15) is 28.6 Å². The Bertz CT molecular complexity index is 2500. The van der Waals surface area contributed by atoms with Gasteiger partial charge in [-0.25, -0.2) is 26.3 Å². The smallest absolute Gasteiger partial charge is 0.405 e. The fourth-order valence-corrected chi connectivity index (χ4v) is 7.08. The fourth-order valence-electron chi connectivity index (χ4n) is 6.02. The summed E-state index contributed by atoms with van der Waals surface area (Å²) in [5, 5.41) is 17.1. The molecule has 0 aliphatic heterocycles. The first-order chi connectivity index (χ1) is 25.7. The zero-order chi connectivity index (χ0) is 38.7. The van der Waals surface area contributed by atoms with Gasteiger partial charge >= 0.3 is 6.09 Å². The van der Waals surface area contributed by atoms with E-state index in [4.69, 9.17) is 21.1 Å². The Hall–Kier alpha value is -6.00. The van der Waals surface area contributed by atoms with Crippen molar-refractivity contribution in [2.24, 2.45) is 7.05 Å². The highest BCUT2D eigenvalue weighted by molar-refractivity contribution is 7.92. The van der Waals surface area contributed by atoms with Gasteiger partial charge in [-0.2, -0.15) is 10.1 Å². The molecule has 0 saturated heterocycles. The topological polar surface area (TPSA) is 158 Å². The van der Waals surface area contributed by atoms with Gasteiger partial charge in [0.25, 0.3) is 5.56 Å². The number of nitrogens with zero attached hydrogens (tertiary/aromatic N) is 5. The van der Waals surface area contributed by atoms with Crippen LogP contribution in [0, 0.1) is 11.6 Å². The number of methoxy groups -OCH3 is 1. The number of anilines is 1. The molecule has 2 heterocycles. The number of amides is 1. The quantitative estimate of drug-likeness (QED) is 0.140. The second kappa shape index (κ2) is 15.5. The van der Waals surface area contributed by atoms with Crippen LogP contribution >= 0.6 is 11.6 Å². The molecule has 2 N–H and O–H groups in total. The molecule has 0 radical (unpaired) electrons. The monoisotopic (exact) mass is 778 g/mol. The zero-order valence-electron chi connectivity index (χ0n) is 29.0. The van der Waals surface area contributed by atoms with Crippen LogP contribution in [-0.2, 0) is 36.6 Å². The Morgan fingerprint density at radius 2 is 1.67 bits per heavy atom. The summed E-state index contributed by atoms with van der Waals surface area (Å²) in [5.41, 5.74) is 0.988. The molecule has 54 heavy (non-hydrogen) atoms. The molecule has 6 rings (SSSR count). The van der Waals surface area contributed by atoms with E-state index in [9.17, 15) is 31.9 Å². The average Bonchev–Trinajstić information content (AvgIpc) is 3.46. The van der Waals surface area contributed by atoms with Crippen LogP contribution in [-0.4, -0.2) is 52.3 Å². The highest BCUT2D eigenvalue weighted by atomic mass is 35.5. The number of nitrogens with one attached hydrogen (secondary N) is 1. The van der Waals surface area contributed by atoms with Crippen LogP contribution in [0.5, 0.6) is 11.6 Å². The molecule has 1 atom stereocenters. The third-order valence-electron chi connectivity index (χ3n) is 8.38. The number of fused-ring (bicyclic) bond motifs is 1. The number of benzene rings is 4. The predicted octanol–water partition coefficient (Wildman–Crippen LogP) is 6.16. The first-order valence-corrected chi connectivity index (χ1v) is 18.5. The van der Waals surface area contributed by atoms with Crippen molar-refractivity contribution in [3.8, 4) is 17.3 Å². The molecule has 17 heteroatoms. The van der Waals surface area contributed by atoms with Crippen molar-refractivity contribution < 1.29 is 36.6 Å². The summed E-state index contributed by atoms with van der Waals surface area (Å²) in [5.74, 6) is -1.62. The predicted molar refractivity (Wildman–Crippen MR) is 198 cm³/mol. The molecular formula is C37H33ClF2N6O7S. The maximum Gasteiger partial charge on any atom is 0.405 e. The number of carboxylic acid groups (broad SMARTS) is 1. The lowest BCUT2D eigenvalue weighted by Gasteiger charge is -2.23. The summed E-state index contributed by atoms with van der Waals surface area (Å²) in [6.45, 7) is -0.126. The van der Waals surface area contributed by atoms with Crippen molar-refractivity contribution in [3.63, 3.8) is 0 Å². The highest BCUT2D eigenvalue weighted by Crippen LogP contribution is 2.38. The minimum absolute atomic E-state index is 0.00860. The molecule has 0 bridgehead atoms. The van der Waals surface area contributed by atoms with E-state index in [1.807, 2.05) is 6.07 Å². The summed E-state index contributed by atoms with van der Waals surface area (Å²) >= 11 is 6.77. The van der Waals surface area contributed by atoms with Crippen LogP contribution < -0.4 is 24.7 Å². The first kappa shape index (κ1) is 37.7. The second-order valence-electron chi connectivity index (χ2n) is 12.2. The van der Waals surface area contributed by atoms with Gasteiger partial charge < -0.3 is 19.9 Å². The molecule has 6 aromatic rings. The Morgan fingerprint density at radius 3 is 2.30 bits per heavy atom. The molecule has 280 valence electrons. The maximum absolute atomic E-state index is 14.3. The number of rotatable bonds is 13. The molecule has 0 aliphatic carbocycles. The van der Waals surface area contributed by atoms with Gasteiger partial charge in [0.2, 0.25) is 15.9 Å². The molecule has 0 saturated carbocycles. The molecule has 0 aliphatic rings. The average molecular weight is 779 g/mol. The van der Waals surface area contributed by atoms with Crippen molar-refractivity contribution in [3.05, 3.63) is 141 Å². The van der Waals surface area contributed by atoms with Crippen molar-refractivity contribution in [1.82, 2.24) is 24.6 Å².